The van der Waals surface area contributed by atoms with Gasteiger partial charge in [-0.1, -0.05) is 22.0 Å². The van der Waals surface area contributed by atoms with E-state index in [4.69, 9.17) is 0 Å². The number of nitrogens with zero attached hydrogens (tertiary/aromatic N) is 1. The summed E-state index contributed by atoms with van der Waals surface area (Å²) in [5.74, 6) is -0.273. The number of hydrogen-bond acceptors (Lipinski definition) is 2. The molecule has 19 heavy (non-hydrogen) atoms. The minimum absolute atomic E-state index is 0. The van der Waals surface area contributed by atoms with E-state index in [1.54, 1.807) is 6.07 Å². The second-order valence-corrected chi connectivity index (χ2v) is 5.30. The first kappa shape index (κ1) is 16.8. The van der Waals surface area contributed by atoms with Crippen molar-refractivity contribution in [2.24, 2.45) is 0 Å². The maximum atomic E-state index is 13.1. The number of halogens is 4. The van der Waals surface area contributed by atoms with Crippen LogP contribution in [0, 0.1) is 5.82 Å². The van der Waals surface area contributed by atoms with Crippen LogP contribution >= 0.6 is 28.3 Å². The van der Waals surface area contributed by atoms with Crippen molar-refractivity contribution in [1.82, 2.24) is 10.2 Å². The number of piperazine rings is 1. The lowest BCUT2D eigenvalue weighted by molar-refractivity contribution is 0.157. The molecule has 0 unspecified atom stereocenters. The van der Waals surface area contributed by atoms with Crippen LogP contribution in [-0.4, -0.2) is 37.8 Å². The van der Waals surface area contributed by atoms with Gasteiger partial charge in [0.25, 0.3) is 0 Å². The zero-order valence-electron chi connectivity index (χ0n) is 10.5. The smallest absolute Gasteiger partial charge is 0.124 e. The number of nitrogens with one attached hydrogen (secondary N) is 1. The molecular formula is C13H18BrClF2N2. The Balaban J connectivity index is 0.00000180. The standard InChI is InChI=1S/C13H17BrF2N2.ClH/c14-12-9-10(16)1-2-11(12)13(3-4-15)18-7-5-17-6-8-18;/h1-2,9,13,17H,3-8H2;1H/t13-;/m1./s1. The molecule has 1 atom stereocenters. The zero-order valence-corrected chi connectivity index (χ0v) is 12.9. The van der Waals surface area contributed by atoms with Crippen LogP contribution in [0.2, 0.25) is 0 Å². The highest BCUT2D eigenvalue weighted by Gasteiger charge is 2.23. The summed E-state index contributed by atoms with van der Waals surface area (Å²) >= 11 is 3.38. The molecule has 0 aliphatic carbocycles. The average Bonchev–Trinajstić information content (AvgIpc) is 2.38. The van der Waals surface area contributed by atoms with Crippen molar-refractivity contribution in [3.8, 4) is 0 Å². The molecule has 1 heterocycles. The molecule has 1 aromatic rings. The first-order chi connectivity index (χ1) is 8.72. The third kappa shape index (κ3) is 4.38. The Hall–Kier alpha value is -0.230. The Labute approximate surface area is 127 Å². The molecule has 0 aromatic heterocycles. The topological polar surface area (TPSA) is 15.3 Å². The Morgan fingerprint density at radius 1 is 1.32 bits per heavy atom. The fraction of sp³-hybridized carbons (Fsp3) is 0.538. The van der Waals surface area contributed by atoms with E-state index in [0.717, 1.165) is 36.2 Å². The Morgan fingerprint density at radius 3 is 2.58 bits per heavy atom. The highest BCUT2D eigenvalue weighted by atomic mass is 79.9. The van der Waals surface area contributed by atoms with E-state index in [1.165, 1.54) is 12.1 Å². The van der Waals surface area contributed by atoms with Gasteiger partial charge < -0.3 is 5.32 Å². The van der Waals surface area contributed by atoms with E-state index in [9.17, 15) is 8.78 Å². The molecule has 2 nitrogen and oxygen atoms in total. The fourth-order valence-electron chi connectivity index (χ4n) is 2.40. The number of alkyl halides is 1. The van der Waals surface area contributed by atoms with Crippen LogP contribution in [0.4, 0.5) is 8.78 Å². The summed E-state index contributed by atoms with van der Waals surface area (Å²) in [6.07, 6.45) is 0.449. The van der Waals surface area contributed by atoms with Crippen molar-refractivity contribution in [3.05, 3.63) is 34.1 Å². The third-order valence-corrected chi connectivity index (χ3v) is 3.98. The van der Waals surface area contributed by atoms with Crippen LogP contribution in [0.1, 0.15) is 18.0 Å². The van der Waals surface area contributed by atoms with Crippen molar-refractivity contribution in [3.63, 3.8) is 0 Å². The van der Waals surface area contributed by atoms with Gasteiger partial charge in [0.05, 0.1) is 6.67 Å². The summed E-state index contributed by atoms with van der Waals surface area (Å²) in [5.41, 5.74) is 0.968. The minimum atomic E-state index is -0.363. The summed E-state index contributed by atoms with van der Waals surface area (Å²) in [5, 5.41) is 3.28. The van der Waals surface area contributed by atoms with Gasteiger partial charge in [-0.05, 0) is 24.1 Å². The normalized spacial score (nSPS) is 17.8. The zero-order chi connectivity index (χ0) is 13.0. The van der Waals surface area contributed by atoms with Crippen LogP contribution in [-0.2, 0) is 0 Å². The molecule has 1 aliphatic heterocycles. The summed E-state index contributed by atoms with van der Waals surface area (Å²) in [6.45, 7) is 3.27. The van der Waals surface area contributed by atoms with Gasteiger partial charge in [0.1, 0.15) is 5.82 Å². The van der Waals surface area contributed by atoms with Gasteiger partial charge in [0, 0.05) is 36.7 Å². The monoisotopic (exact) mass is 354 g/mol. The van der Waals surface area contributed by atoms with Crippen molar-refractivity contribution in [1.29, 1.82) is 0 Å². The fourth-order valence-corrected chi connectivity index (χ4v) is 3.02. The van der Waals surface area contributed by atoms with Gasteiger partial charge in [-0.15, -0.1) is 12.4 Å². The first-order valence-corrected chi connectivity index (χ1v) is 6.97. The molecule has 6 heteroatoms. The Bertz CT molecular complexity index is 400. The van der Waals surface area contributed by atoms with E-state index in [0.29, 0.717) is 6.42 Å². The van der Waals surface area contributed by atoms with Gasteiger partial charge in [0.15, 0.2) is 0 Å². The molecule has 1 aliphatic rings. The first-order valence-electron chi connectivity index (χ1n) is 6.18. The van der Waals surface area contributed by atoms with Crippen molar-refractivity contribution in [2.45, 2.75) is 12.5 Å². The molecule has 1 aromatic carbocycles. The molecule has 0 saturated carbocycles. The van der Waals surface area contributed by atoms with Crippen molar-refractivity contribution >= 4 is 28.3 Å². The minimum Gasteiger partial charge on any atom is -0.314 e. The van der Waals surface area contributed by atoms with Gasteiger partial charge in [0.2, 0.25) is 0 Å². The number of rotatable bonds is 4. The van der Waals surface area contributed by atoms with Crippen LogP contribution in [0.3, 0.4) is 0 Å². The number of hydrogen-bond donors (Lipinski definition) is 1. The number of benzene rings is 1. The molecule has 0 radical (unpaired) electrons. The summed E-state index contributed by atoms with van der Waals surface area (Å²) in [4.78, 5) is 2.26. The lowest BCUT2D eigenvalue weighted by atomic mass is 10.0. The second-order valence-electron chi connectivity index (χ2n) is 4.45. The van der Waals surface area contributed by atoms with E-state index in [2.05, 4.69) is 26.1 Å². The molecule has 0 bridgehead atoms. The highest BCUT2D eigenvalue weighted by Crippen LogP contribution is 2.31. The van der Waals surface area contributed by atoms with E-state index in [1.807, 2.05) is 0 Å². The Morgan fingerprint density at radius 2 is 2.00 bits per heavy atom. The molecule has 1 fully saturated rings. The lowest BCUT2D eigenvalue weighted by Gasteiger charge is -2.35. The third-order valence-electron chi connectivity index (χ3n) is 3.30. The van der Waals surface area contributed by atoms with Gasteiger partial charge in [-0.3, -0.25) is 9.29 Å². The maximum absolute atomic E-state index is 13.1. The SMILES string of the molecule is Cl.FCC[C@H](c1ccc(F)cc1Br)N1CCNCC1. The summed E-state index contributed by atoms with van der Waals surface area (Å²) in [7, 11) is 0. The predicted octanol–water partition coefficient (Wildman–Crippen LogP) is 3.32. The molecule has 1 N–H and O–H groups in total. The van der Waals surface area contributed by atoms with Crippen LogP contribution < -0.4 is 5.32 Å². The van der Waals surface area contributed by atoms with Gasteiger partial charge >= 0.3 is 0 Å². The summed E-state index contributed by atoms with van der Waals surface area (Å²) in [6, 6.07) is 4.66. The Kier molecular flexibility index (Phi) is 7.21. The molecular weight excluding hydrogens is 338 g/mol. The van der Waals surface area contributed by atoms with Crippen LogP contribution in [0.25, 0.3) is 0 Å². The van der Waals surface area contributed by atoms with Crippen LogP contribution in [0.15, 0.2) is 22.7 Å². The van der Waals surface area contributed by atoms with Crippen molar-refractivity contribution < 1.29 is 8.78 Å². The molecule has 0 amide bonds. The molecule has 2 rings (SSSR count). The van der Waals surface area contributed by atoms with E-state index in [-0.39, 0.29) is 30.9 Å². The quantitative estimate of drug-likeness (QED) is 0.891. The van der Waals surface area contributed by atoms with E-state index >= 15 is 0 Å². The molecule has 0 spiro atoms. The predicted molar refractivity (Wildman–Crippen MR) is 79.1 cm³/mol. The maximum Gasteiger partial charge on any atom is 0.124 e. The van der Waals surface area contributed by atoms with Gasteiger partial charge in [-0.25, -0.2) is 4.39 Å². The molecule has 1 saturated heterocycles. The molecule has 108 valence electrons. The second kappa shape index (κ2) is 8.15. The van der Waals surface area contributed by atoms with E-state index < -0.39 is 0 Å². The van der Waals surface area contributed by atoms with Crippen molar-refractivity contribution in [2.75, 3.05) is 32.9 Å². The summed E-state index contributed by atoms with van der Waals surface area (Å²) < 4.78 is 26.6. The lowest BCUT2D eigenvalue weighted by Crippen LogP contribution is -2.45. The highest BCUT2D eigenvalue weighted by molar-refractivity contribution is 9.10. The van der Waals surface area contributed by atoms with Gasteiger partial charge in [-0.2, -0.15) is 0 Å². The largest absolute Gasteiger partial charge is 0.314 e. The van der Waals surface area contributed by atoms with Crippen LogP contribution in [0.5, 0.6) is 0 Å². The average molecular weight is 356 g/mol.